The van der Waals surface area contributed by atoms with Crippen LogP contribution in [0.2, 0.25) is 0 Å². The number of nitrogens with zero attached hydrogens (tertiary/aromatic N) is 2. The van der Waals surface area contributed by atoms with Crippen molar-refractivity contribution < 1.29 is 14.6 Å². The molecule has 0 amide bonds. The molecule has 2 aromatic rings. The van der Waals surface area contributed by atoms with Gasteiger partial charge in [-0.2, -0.15) is 0 Å². The first-order chi connectivity index (χ1) is 7.72. The third-order valence-corrected chi connectivity index (χ3v) is 2.37. The van der Waals surface area contributed by atoms with Gasteiger partial charge in [-0.25, -0.2) is 9.78 Å². The van der Waals surface area contributed by atoms with Gasteiger partial charge < -0.3 is 14.2 Å². The Balaban J connectivity index is 2.24. The molecule has 0 radical (unpaired) electrons. The highest BCUT2D eigenvalue weighted by Crippen LogP contribution is 2.08. The Labute approximate surface area is 92.3 Å². The molecule has 0 spiro atoms. The number of aliphatic hydroxyl groups is 1. The zero-order valence-electron chi connectivity index (χ0n) is 8.83. The Morgan fingerprint density at radius 3 is 3.19 bits per heavy atom. The molecule has 5 heteroatoms. The van der Waals surface area contributed by atoms with E-state index in [-0.39, 0.29) is 6.42 Å². The van der Waals surface area contributed by atoms with Gasteiger partial charge in [0.25, 0.3) is 0 Å². The first-order valence-corrected chi connectivity index (χ1v) is 4.89. The van der Waals surface area contributed by atoms with Gasteiger partial charge in [-0.15, -0.1) is 0 Å². The lowest BCUT2D eigenvalue weighted by molar-refractivity contribution is -0.150. The van der Waals surface area contributed by atoms with E-state index in [4.69, 9.17) is 0 Å². The van der Waals surface area contributed by atoms with Crippen molar-refractivity contribution in [1.29, 1.82) is 0 Å². The van der Waals surface area contributed by atoms with E-state index in [9.17, 15) is 9.90 Å². The van der Waals surface area contributed by atoms with E-state index in [0.29, 0.717) is 0 Å². The predicted octanol–water partition coefficient (Wildman–Crippen LogP) is 0.411. The summed E-state index contributed by atoms with van der Waals surface area (Å²) in [4.78, 5) is 15.2. The van der Waals surface area contributed by atoms with Crippen LogP contribution in [0, 0.1) is 0 Å². The molecule has 0 aliphatic heterocycles. The van der Waals surface area contributed by atoms with Gasteiger partial charge >= 0.3 is 5.97 Å². The average molecular weight is 220 g/mol. The fourth-order valence-corrected chi connectivity index (χ4v) is 1.55. The third-order valence-electron chi connectivity index (χ3n) is 2.37. The molecule has 0 aliphatic carbocycles. The highest BCUT2D eigenvalue weighted by Gasteiger charge is 2.17. The third kappa shape index (κ3) is 1.90. The number of carbonyl (C=O) groups is 1. The lowest BCUT2D eigenvalue weighted by Gasteiger charge is -2.07. The van der Waals surface area contributed by atoms with Gasteiger partial charge in [-0.05, 0) is 12.1 Å². The number of hydrogen-bond acceptors (Lipinski definition) is 4. The number of esters is 1. The summed E-state index contributed by atoms with van der Waals surface area (Å²) in [6.07, 6.45) is 2.52. The molecule has 84 valence electrons. The van der Waals surface area contributed by atoms with Crippen molar-refractivity contribution in [2.24, 2.45) is 0 Å². The van der Waals surface area contributed by atoms with E-state index in [1.165, 1.54) is 7.11 Å². The molecule has 1 unspecified atom stereocenters. The van der Waals surface area contributed by atoms with E-state index in [2.05, 4.69) is 9.72 Å². The standard InChI is InChI=1S/C11H12N2O3/c1-16-11(15)9(14)6-8-7-12-10-4-2-3-5-13(8)10/h2-5,7,9,14H,6H2,1H3. The van der Waals surface area contributed by atoms with Crippen LogP contribution in [0.3, 0.4) is 0 Å². The topological polar surface area (TPSA) is 63.8 Å². The predicted molar refractivity (Wildman–Crippen MR) is 56.9 cm³/mol. The van der Waals surface area contributed by atoms with Crippen LogP contribution in [0.25, 0.3) is 5.65 Å². The van der Waals surface area contributed by atoms with Crippen molar-refractivity contribution >= 4 is 11.6 Å². The van der Waals surface area contributed by atoms with Crippen LogP contribution >= 0.6 is 0 Å². The maximum Gasteiger partial charge on any atom is 0.335 e. The van der Waals surface area contributed by atoms with Crippen LogP contribution in [0.1, 0.15) is 5.69 Å². The molecular formula is C11H12N2O3. The summed E-state index contributed by atoms with van der Waals surface area (Å²) in [5.41, 5.74) is 1.56. The Hall–Kier alpha value is -1.88. The van der Waals surface area contributed by atoms with Crippen molar-refractivity contribution in [3.05, 3.63) is 36.3 Å². The highest BCUT2D eigenvalue weighted by molar-refractivity contribution is 5.74. The van der Waals surface area contributed by atoms with Crippen LogP contribution in [0.4, 0.5) is 0 Å². The van der Waals surface area contributed by atoms with E-state index < -0.39 is 12.1 Å². The molecule has 0 fully saturated rings. The van der Waals surface area contributed by atoms with Crippen molar-refractivity contribution in [3.8, 4) is 0 Å². The summed E-state index contributed by atoms with van der Waals surface area (Å²) in [6, 6.07) is 5.60. The van der Waals surface area contributed by atoms with Crippen molar-refractivity contribution in [3.63, 3.8) is 0 Å². The van der Waals surface area contributed by atoms with Crippen LogP contribution in [-0.2, 0) is 16.0 Å². The Morgan fingerprint density at radius 1 is 1.62 bits per heavy atom. The summed E-state index contributed by atoms with van der Waals surface area (Å²) < 4.78 is 6.28. The number of hydrogen-bond donors (Lipinski definition) is 1. The minimum atomic E-state index is -1.15. The molecule has 2 aromatic heterocycles. The van der Waals surface area contributed by atoms with Gasteiger partial charge in [-0.1, -0.05) is 6.07 Å². The zero-order chi connectivity index (χ0) is 11.5. The second kappa shape index (κ2) is 4.32. The van der Waals surface area contributed by atoms with Gasteiger partial charge in [0, 0.05) is 24.5 Å². The number of methoxy groups -OCH3 is 1. The minimum absolute atomic E-state index is 0.192. The molecule has 5 nitrogen and oxygen atoms in total. The van der Waals surface area contributed by atoms with E-state index in [1.807, 2.05) is 28.8 Å². The number of imidazole rings is 1. The number of aliphatic hydroxyl groups excluding tert-OH is 1. The number of carbonyl (C=O) groups excluding carboxylic acids is 1. The normalized spacial score (nSPS) is 12.6. The first kappa shape index (κ1) is 10.6. The largest absolute Gasteiger partial charge is 0.467 e. The SMILES string of the molecule is COC(=O)C(O)Cc1cnc2ccccn12. The number of aromatic nitrogens is 2. The maximum atomic E-state index is 11.1. The molecule has 16 heavy (non-hydrogen) atoms. The first-order valence-electron chi connectivity index (χ1n) is 4.89. The molecular weight excluding hydrogens is 208 g/mol. The van der Waals surface area contributed by atoms with Gasteiger partial charge in [0.05, 0.1) is 7.11 Å². The highest BCUT2D eigenvalue weighted by atomic mass is 16.5. The number of ether oxygens (including phenoxy) is 1. The second-order valence-electron chi connectivity index (χ2n) is 3.42. The number of fused-ring (bicyclic) bond motifs is 1. The molecule has 0 saturated heterocycles. The molecule has 2 heterocycles. The molecule has 0 saturated carbocycles. The van der Waals surface area contributed by atoms with Crippen molar-refractivity contribution in [2.45, 2.75) is 12.5 Å². The average Bonchev–Trinajstić information content (AvgIpc) is 2.72. The van der Waals surface area contributed by atoms with E-state index in [1.54, 1.807) is 6.20 Å². The lowest BCUT2D eigenvalue weighted by Crippen LogP contribution is -2.24. The summed E-state index contributed by atoms with van der Waals surface area (Å²) in [6.45, 7) is 0. The summed E-state index contributed by atoms with van der Waals surface area (Å²) in [7, 11) is 1.25. The lowest BCUT2D eigenvalue weighted by atomic mass is 10.2. The summed E-state index contributed by atoms with van der Waals surface area (Å²) in [5.74, 6) is -0.633. The second-order valence-corrected chi connectivity index (χ2v) is 3.42. The Kier molecular flexibility index (Phi) is 2.87. The zero-order valence-corrected chi connectivity index (χ0v) is 8.83. The molecule has 0 aromatic carbocycles. The van der Waals surface area contributed by atoms with Crippen LogP contribution in [0.5, 0.6) is 0 Å². The molecule has 1 N–H and O–H groups in total. The summed E-state index contributed by atoms with van der Waals surface area (Å²) >= 11 is 0. The number of pyridine rings is 1. The summed E-state index contributed by atoms with van der Waals surface area (Å²) in [5, 5.41) is 9.53. The van der Waals surface area contributed by atoms with E-state index in [0.717, 1.165) is 11.3 Å². The quantitative estimate of drug-likeness (QED) is 0.761. The van der Waals surface area contributed by atoms with E-state index >= 15 is 0 Å². The van der Waals surface area contributed by atoms with Crippen LogP contribution < -0.4 is 0 Å². The van der Waals surface area contributed by atoms with Crippen LogP contribution in [-0.4, -0.2) is 33.7 Å². The van der Waals surface area contributed by atoms with Crippen LogP contribution in [0.15, 0.2) is 30.6 Å². The fraction of sp³-hybridized carbons (Fsp3) is 0.273. The van der Waals surface area contributed by atoms with Crippen molar-refractivity contribution in [2.75, 3.05) is 7.11 Å². The molecule has 1 atom stereocenters. The monoisotopic (exact) mass is 220 g/mol. The Morgan fingerprint density at radius 2 is 2.44 bits per heavy atom. The molecule has 2 rings (SSSR count). The maximum absolute atomic E-state index is 11.1. The minimum Gasteiger partial charge on any atom is -0.467 e. The van der Waals surface area contributed by atoms with Gasteiger partial charge in [0.15, 0.2) is 6.10 Å². The Bertz CT molecular complexity index is 507. The van der Waals surface area contributed by atoms with Crippen molar-refractivity contribution in [1.82, 2.24) is 9.38 Å². The molecule has 0 aliphatic rings. The number of rotatable bonds is 3. The molecule has 0 bridgehead atoms. The smallest absolute Gasteiger partial charge is 0.335 e. The fourth-order valence-electron chi connectivity index (χ4n) is 1.55. The van der Waals surface area contributed by atoms with Gasteiger partial charge in [0.1, 0.15) is 5.65 Å². The van der Waals surface area contributed by atoms with Gasteiger partial charge in [-0.3, -0.25) is 0 Å². The van der Waals surface area contributed by atoms with Gasteiger partial charge in [0.2, 0.25) is 0 Å².